The van der Waals surface area contributed by atoms with E-state index in [1.54, 1.807) is 18.2 Å². The average Bonchev–Trinajstić information content (AvgIpc) is 2.73. The fourth-order valence-corrected chi connectivity index (χ4v) is 4.59. The molecule has 3 aromatic rings. The number of hydrogen-bond donors (Lipinski definition) is 2. The van der Waals surface area contributed by atoms with Crippen LogP contribution in [0.4, 0.5) is 5.69 Å². The first-order valence-corrected chi connectivity index (χ1v) is 11.2. The van der Waals surface area contributed by atoms with Crippen LogP contribution in [0.25, 0.3) is 10.8 Å². The highest BCUT2D eigenvalue weighted by Crippen LogP contribution is 2.28. The Morgan fingerprint density at radius 3 is 2.37 bits per heavy atom. The van der Waals surface area contributed by atoms with Gasteiger partial charge in [-0.05, 0) is 42.0 Å². The molecule has 0 aliphatic rings. The molecule has 0 aromatic heterocycles. The molecule has 2 N–H and O–H groups in total. The van der Waals surface area contributed by atoms with Gasteiger partial charge in [-0.3, -0.25) is 4.79 Å². The maximum absolute atomic E-state index is 13.0. The number of nitrogens with one attached hydrogen (secondary N) is 2. The monoisotopic (exact) mass is 426 g/mol. The number of methoxy groups -OCH3 is 1. The van der Waals surface area contributed by atoms with Crippen LogP contribution >= 0.6 is 0 Å². The minimum Gasteiger partial charge on any atom is -0.495 e. The molecule has 7 heteroatoms. The summed E-state index contributed by atoms with van der Waals surface area (Å²) in [7, 11) is -2.56. The number of ether oxygens (including phenoxy) is 1. The zero-order valence-electron chi connectivity index (χ0n) is 17.5. The lowest BCUT2D eigenvalue weighted by Gasteiger charge is -2.18. The molecule has 0 radical (unpaired) electrons. The zero-order chi connectivity index (χ0) is 21.9. The molecule has 0 heterocycles. The number of fused-ring (bicyclic) bond motifs is 1. The van der Waals surface area contributed by atoms with E-state index in [0.717, 1.165) is 16.3 Å². The van der Waals surface area contributed by atoms with Crippen LogP contribution in [0.2, 0.25) is 0 Å². The Kier molecular flexibility index (Phi) is 6.43. The fourth-order valence-electron chi connectivity index (χ4n) is 3.19. The van der Waals surface area contributed by atoms with E-state index in [0.29, 0.717) is 5.69 Å². The number of amides is 1. The Bertz CT molecular complexity index is 1170. The summed E-state index contributed by atoms with van der Waals surface area (Å²) in [6.07, 6.45) is 0. The van der Waals surface area contributed by atoms with Gasteiger partial charge < -0.3 is 10.1 Å². The molecular weight excluding hydrogens is 400 g/mol. The molecule has 158 valence electrons. The van der Waals surface area contributed by atoms with Crippen molar-refractivity contribution in [1.29, 1.82) is 0 Å². The number of sulfonamides is 1. The van der Waals surface area contributed by atoms with E-state index < -0.39 is 22.0 Å². The molecular formula is C23H26N2O4S. The van der Waals surface area contributed by atoms with Gasteiger partial charge in [0, 0.05) is 11.1 Å². The van der Waals surface area contributed by atoms with E-state index in [-0.39, 0.29) is 16.6 Å². The van der Waals surface area contributed by atoms with E-state index in [1.165, 1.54) is 14.0 Å². The van der Waals surface area contributed by atoms with Gasteiger partial charge >= 0.3 is 0 Å². The third kappa shape index (κ3) is 4.63. The van der Waals surface area contributed by atoms with Crippen LogP contribution in [0.15, 0.2) is 65.6 Å². The summed E-state index contributed by atoms with van der Waals surface area (Å²) in [6.45, 7) is 5.47. The first kappa shape index (κ1) is 21.8. The summed E-state index contributed by atoms with van der Waals surface area (Å²) in [6, 6.07) is 17.3. The van der Waals surface area contributed by atoms with Crippen molar-refractivity contribution in [3.8, 4) is 5.75 Å². The third-order valence-corrected chi connectivity index (χ3v) is 6.48. The van der Waals surface area contributed by atoms with Crippen molar-refractivity contribution in [3.05, 3.63) is 66.2 Å². The van der Waals surface area contributed by atoms with E-state index >= 15 is 0 Å². The summed E-state index contributed by atoms with van der Waals surface area (Å²) in [5.74, 6) is -0.0700. The molecule has 30 heavy (non-hydrogen) atoms. The Hall–Kier alpha value is -2.90. The quantitative estimate of drug-likeness (QED) is 0.591. The molecule has 0 bridgehead atoms. The lowest BCUT2D eigenvalue weighted by atomic mass is 10.0. The minimum absolute atomic E-state index is 0.0148. The van der Waals surface area contributed by atoms with Crippen molar-refractivity contribution in [2.24, 2.45) is 0 Å². The summed E-state index contributed by atoms with van der Waals surface area (Å²) in [4.78, 5) is 12.7. The molecule has 1 unspecified atom stereocenters. The van der Waals surface area contributed by atoms with Crippen molar-refractivity contribution < 1.29 is 17.9 Å². The molecule has 0 saturated carbocycles. The Morgan fingerprint density at radius 2 is 1.67 bits per heavy atom. The van der Waals surface area contributed by atoms with Crippen LogP contribution in [0.5, 0.6) is 5.75 Å². The van der Waals surface area contributed by atoms with Crippen LogP contribution in [0, 0.1) is 0 Å². The first-order chi connectivity index (χ1) is 14.2. The Balaban J connectivity index is 1.83. The normalized spacial score (nSPS) is 12.7. The van der Waals surface area contributed by atoms with Gasteiger partial charge in [0.1, 0.15) is 10.6 Å². The van der Waals surface area contributed by atoms with Gasteiger partial charge in [-0.2, -0.15) is 4.72 Å². The Labute approximate surface area is 177 Å². The highest BCUT2D eigenvalue weighted by molar-refractivity contribution is 7.89. The molecule has 0 aliphatic carbocycles. The molecule has 1 atom stereocenters. The van der Waals surface area contributed by atoms with Crippen LogP contribution in [0.1, 0.15) is 32.3 Å². The van der Waals surface area contributed by atoms with Gasteiger partial charge in [0.05, 0.1) is 13.2 Å². The second-order valence-corrected chi connectivity index (χ2v) is 9.11. The summed E-state index contributed by atoms with van der Waals surface area (Å²) in [5, 5.41) is 4.69. The van der Waals surface area contributed by atoms with Crippen LogP contribution in [-0.4, -0.2) is 27.5 Å². The lowest BCUT2D eigenvalue weighted by molar-refractivity contribution is -0.117. The van der Waals surface area contributed by atoms with E-state index in [4.69, 9.17) is 4.74 Å². The van der Waals surface area contributed by atoms with Crippen LogP contribution in [-0.2, 0) is 14.8 Å². The molecule has 3 rings (SSSR count). The second kappa shape index (κ2) is 8.85. The smallest absolute Gasteiger partial charge is 0.244 e. The van der Waals surface area contributed by atoms with Crippen LogP contribution < -0.4 is 14.8 Å². The van der Waals surface area contributed by atoms with Crippen LogP contribution in [0.3, 0.4) is 0 Å². The number of benzene rings is 3. The second-order valence-electron chi connectivity index (χ2n) is 7.42. The van der Waals surface area contributed by atoms with Crippen molar-refractivity contribution in [2.75, 3.05) is 12.4 Å². The highest BCUT2D eigenvalue weighted by Gasteiger charge is 2.26. The fraction of sp³-hybridized carbons (Fsp3) is 0.261. The number of anilines is 1. The summed E-state index contributed by atoms with van der Waals surface area (Å²) >= 11 is 0. The minimum atomic E-state index is -3.97. The molecule has 0 saturated heterocycles. The van der Waals surface area contributed by atoms with Crippen molar-refractivity contribution in [1.82, 2.24) is 4.72 Å². The molecule has 0 aliphatic heterocycles. The largest absolute Gasteiger partial charge is 0.495 e. The lowest BCUT2D eigenvalue weighted by Crippen LogP contribution is -2.41. The van der Waals surface area contributed by atoms with Gasteiger partial charge in [-0.25, -0.2) is 8.42 Å². The van der Waals surface area contributed by atoms with E-state index in [1.807, 2.05) is 56.3 Å². The maximum atomic E-state index is 13.0. The van der Waals surface area contributed by atoms with Crippen molar-refractivity contribution >= 4 is 32.4 Å². The molecule has 1 amide bonds. The van der Waals surface area contributed by atoms with Gasteiger partial charge in [0.25, 0.3) is 0 Å². The molecule has 3 aromatic carbocycles. The van der Waals surface area contributed by atoms with E-state index in [2.05, 4.69) is 10.0 Å². The number of carbonyl (C=O) groups is 1. The third-order valence-electron chi connectivity index (χ3n) is 4.92. The van der Waals surface area contributed by atoms with Gasteiger partial charge in [-0.15, -0.1) is 0 Å². The predicted octanol–water partition coefficient (Wildman–Crippen LogP) is 4.28. The number of carbonyl (C=O) groups excluding carboxylic acids is 1. The summed E-state index contributed by atoms with van der Waals surface area (Å²) < 4.78 is 33.7. The molecule has 6 nitrogen and oxygen atoms in total. The first-order valence-electron chi connectivity index (χ1n) is 9.72. The SMILES string of the molecule is COc1ccc(C(C)C)cc1S(=O)(=O)NC(C)C(=O)Nc1cccc2ccccc12. The van der Waals surface area contributed by atoms with Crippen molar-refractivity contribution in [3.63, 3.8) is 0 Å². The molecule has 0 fully saturated rings. The van der Waals surface area contributed by atoms with E-state index in [9.17, 15) is 13.2 Å². The van der Waals surface area contributed by atoms with Crippen molar-refractivity contribution in [2.45, 2.75) is 37.6 Å². The van der Waals surface area contributed by atoms with Gasteiger partial charge in [-0.1, -0.05) is 56.3 Å². The van der Waals surface area contributed by atoms with Gasteiger partial charge in [0.15, 0.2) is 0 Å². The predicted molar refractivity (Wildman–Crippen MR) is 119 cm³/mol. The highest BCUT2D eigenvalue weighted by atomic mass is 32.2. The topological polar surface area (TPSA) is 84.5 Å². The zero-order valence-corrected chi connectivity index (χ0v) is 18.3. The number of rotatable bonds is 7. The molecule has 0 spiro atoms. The standard InChI is InChI=1S/C23H26N2O4S/c1-15(2)18-12-13-21(29-4)22(14-18)30(27,28)25-16(3)23(26)24-20-11-7-9-17-8-5-6-10-19(17)20/h5-16,25H,1-4H3,(H,24,26). The Morgan fingerprint density at radius 1 is 0.967 bits per heavy atom. The number of hydrogen-bond acceptors (Lipinski definition) is 4. The summed E-state index contributed by atoms with van der Waals surface area (Å²) in [5.41, 5.74) is 1.49. The maximum Gasteiger partial charge on any atom is 0.244 e. The average molecular weight is 427 g/mol. The van der Waals surface area contributed by atoms with Gasteiger partial charge in [0.2, 0.25) is 15.9 Å².